The summed E-state index contributed by atoms with van der Waals surface area (Å²) < 4.78 is 9.63. The number of rotatable bonds is 7. The fourth-order valence-electron chi connectivity index (χ4n) is 5.35. The summed E-state index contributed by atoms with van der Waals surface area (Å²) in [6.45, 7) is 9.66. The van der Waals surface area contributed by atoms with Crippen molar-refractivity contribution in [2.75, 3.05) is 38.2 Å². The van der Waals surface area contributed by atoms with Gasteiger partial charge in [-0.25, -0.2) is 9.50 Å². The smallest absolute Gasteiger partial charge is 0.224 e. The molecule has 3 aromatic heterocycles. The van der Waals surface area contributed by atoms with Gasteiger partial charge in [0.05, 0.1) is 18.7 Å². The Bertz CT molecular complexity index is 1590. The highest BCUT2D eigenvalue weighted by molar-refractivity contribution is 5.94. The number of anilines is 1. The molecule has 2 aromatic carbocycles. The average molecular weight is 497 g/mol. The Kier molecular flexibility index (Phi) is 6.36. The fourth-order valence-corrected chi connectivity index (χ4v) is 5.35. The molecule has 1 aliphatic heterocycles. The molecule has 0 aliphatic carbocycles. The van der Waals surface area contributed by atoms with E-state index in [1.807, 2.05) is 41.8 Å². The molecule has 1 amide bonds. The zero-order valence-corrected chi connectivity index (χ0v) is 21.4. The fraction of sp³-hybridized carbons (Fsp3) is 0.345. The second-order valence-corrected chi connectivity index (χ2v) is 9.80. The molecule has 6 rings (SSSR count). The SMILES string of the molecule is Cc1nc2c3ccccc3nn2c(C)c1CCC(=O)Nc1ccc2c(ccn2CCN2CCOCC2)c1. The number of ether oxygens (including phenoxy) is 1. The number of hydrogen-bond acceptors (Lipinski definition) is 5. The van der Waals surface area contributed by atoms with E-state index in [-0.39, 0.29) is 5.91 Å². The number of carbonyl (C=O) groups is 1. The lowest BCUT2D eigenvalue weighted by Crippen LogP contribution is -2.38. The minimum Gasteiger partial charge on any atom is -0.379 e. The molecule has 1 N–H and O–H groups in total. The predicted molar refractivity (Wildman–Crippen MR) is 146 cm³/mol. The summed E-state index contributed by atoms with van der Waals surface area (Å²) >= 11 is 0. The van der Waals surface area contributed by atoms with Crippen molar-refractivity contribution in [2.45, 2.75) is 33.2 Å². The predicted octanol–water partition coefficient (Wildman–Crippen LogP) is 4.36. The molecule has 0 atom stereocenters. The van der Waals surface area contributed by atoms with E-state index >= 15 is 0 Å². The van der Waals surface area contributed by atoms with Crippen molar-refractivity contribution in [3.05, 3.63) is 71.7 Å². The summed E-state index contributed by atoms with van der Waals surface area (Å²) in [5.74, 6) is -0.00405. The van der Waals surface area contributed by atoms with Crippen molar-refractivity contribution < 1.29 is 9.53 Å². The van der Waals surface area contributed by atoms with Crippen LogP contribution in [0.25, 0.3) is 27.5 Å². The van der Waals surface area contributed by atoms with Crippen LogP contribution in [-0.4, -0.2) is 62.8 Å². The Labute approximate surface area is 215 Å². The number of aromatic nitrogens is 4. The molecule has 4 heterocycles. The number of benzene rings is 2. The largest absolute Gasteiger partial charge is 0.379 e. The Hall–Kier alpha value is -3.75. The van der Waals surface area contributed by atoms with Crippen LogP contribution in [0, 0.1) is 13.8 Å². The molecule has 0 spiro atoms. The van der Waals surface area contributed by atoms with Gasteiger partial charge in [-0.3, -0.25) is 9.69 Å². The maximum atomic E-state index is 12.9. The third-order valence-electron chi connectivity index (χ3n) is 7.44. The molecular weight excluding hydrogens is 464 g/mol. The summed E-state index contributed by atoms with van der Waals surface area (Å²) in [6, 6.07) is 16.3. The molecule has 1 saturated heterocycles. The van der Waals surface area contributed by atoms with E-state index in [9.17, 15) is 4.79 Å². The number of nitrogens with zero attached hydrogens (tertiary/aromatic N) is 5. The highest BCUT2D eigenvalue weighted by atomic mass is 16.5. The van der Waals surface area contributed by atoms with Crippen LogP contribution in [0.1, 0.15) is 23.4 Å². The second kappa shape index (κ2) is 9.95. The van der Waals surface area contributed by atoms with Gasteiger partial charge in [0.1, 0.15) is 0 Å². The van der Waals surface area contributed by atoms with Crippen LogP contribution in [0.15, 0.2) is 54.7 Å². The zero-order valence-electron chi connectivity index (χ0n) is 21.4. The van der Waals surface area contributed by atoms with Crippen LogP contribution in [0.3, 0.4) is 0 Å². The average Bonchev–Trinajstić information content (AvgIpc) is 3.49. The van der Waals surface area contributed by atoms with Crippen LogP contribution >= 0.6 is 0 Å². The summed E-state index contributed by atoms with van der Waals surface area (Å²) in [7, 11) is 0. The van der Waals surface area contributed by atoms with E-state index in [1.165, 1.54) is 5.52 Å². The molecule has 0 radical (unpaired) electrons. The number of hydrogen-bond donors (Lipinski definition) is 1. The highest BCUT2D eigenvalue weighted by Gasteiger charge is 2.15. The van der Waals surface area contributed by atoms with Crippen molar-refractivity contribution in [3.63, 3.8) is 0 Å². The molecule has 190 valence electrons. The van der Waals surface area contributed by atoms with Gasteiger partial charge < -0.3 is 14.6 Å². The minimum atomic E-state index is -0.00405. The van der Waals surface area contributed by atoms with Crippen LogP contribution in [0.5, 0.6) is 0 Å². The van der Waals surface area contributed by atoms with E-state index in [1.54, 1.807) is 0 Å². The quantitative estimate of drug-likeness (QED) is 0.362. The molecule has 0 bridgehead atoms. The van der Waals surface area contributed by atoms with Gasteiger partial charge in [-0.1, -0.05) is 12.1 Å². The molecule has 1 fully saturated rings. The van der Waals surface area contributed by atoms with Crippen molar-refractivity contribution in [1.29, 1.82) is 0 Å². The molecule has 5 aromatic rings. The van der Waals surface area contributed by atoms with E-state index in [2.05, 4.69) is 46.1 Å². The Morgan fingerprint density at radius 2 is 1.89 bits per heavy atom. The van der Waals surface area contributed by atoms with Crippen LogP contribution in [0.4, 0.5) is 5.69 Å². The molecule has 8 heteroatoms. The molecule has 0 unspecified atom stereocenters. The lowest BCUT2D eigenvalue weighted by molar-refractivity contribution is -0.116. The van der Waals surface area contributed by atoms with Crippen LogP contribution in [0.2, 0.25) is 0 Å². The van der Waals surface area contributed by atoms with Crippen molar-refractivity contribution in [2.24, 2.45) is 0 Å². The number of carbonyl (C=O) groups excluding carboxylic acids is 1. The molecular formula is C29H32N6O2. The van der Waals surface area contributed by atoms with Gasteiger partial charge in [0.25, 0.3) is 0 Å². The number of morpholine rings is 1. The summed E-state index contributed by atoms with van der Waals surface area (Å²) in [5.41, 5.74) is 6.85. The molecule has 0 saturated carbocycles. The van der Waals surface area contributed by atoms with Gasteiger partial charge in [-0.2, -0.15) is 5.10 Å². The van der Waals surface area contributed by atoms with Gasteiger partial charge in [-0.05, 0) is 62.2 Å². The summed E-state index contributed by atoms with van der Waals surface area (Å²) in [4.78, 5) is 20.1. The second-order valence-electron chi connectivity index (χ2n) is 9.80. The first-order valence-corrected chi connectivity index (χ1v) is 13.0. The minimum absolute atomic E-state index is 0.00405. The van der Waals surface area contributed by atoms with E-state index in [0.717, 1.165) is 84.0 Å². The van der Waals surface area contributed by atoms with E-state index in [4.69, 9.17) is 14.8 Å². The van der Waals surface area contributed by atoms with Crippen molar-refractivity contribution in [3.8, 4) is 0 Å². The van der Waals surface area contributed by atoms with Crippen molar-refractivity contribution in [1.82, 2.24) is 24.1 Å². The third kappa shape index (κ3) is 4.70. The van der Waals surface area contributed by atoms with Crippen LogP contribution in [-0.2, 0) is 22.5 Å². The maximum Gasteiger partial charge on any atom is 0.224 e. The maximum absolute atomic E-state index is 12.9. The number of fused-ring (bicyclic) bond motifs is 4. The van der Waals surface area contributed by atoms with Gasteiger partial charge in [0.2, 0.25) is 5.91 Å². The first-order chi connectivity index (χ1) is 18.1. The van der Waals surface area contributed by atoms with E-state index in [0.29, 0.717) is 12.8 Å². The zero-order chi connectivity index (χ0) is 25.4. The van der Waals surface area contributed by atoms with Gasteiger partial charge in [0, 0.05) is 72.2 Å². The summed E-state index contributed by atoms with van der Waals surface area (Å²) in [5, 5.41) is 9.98. The van der Waals surface area contributed by atoms with Gasteiger partial charge in [0.15, 0.2) is 5.65 Å². The van der Waals surface area contributed by atoms with E-state index < -0.39 is 0 Å². The normalized spacial score (nSPS) is 14.6. The monoisotopic (exact) mass is 496 g/mol. The van der Waals surface area contributed by atoms with Crippen molar-refractivity contribution >= 4 is 39.0 Å². The molecule has 1 aliphatic rings. The standard InChI is InChI=1S/C29H32N6O2/c1-20-24(21(2)35-29(30-20)25-5-3-4-6-26(25)32-35)8-10-28(36)31-23-7-9-27-22(19-23)11-12-34(27)14-13-33-15-17-37-18-16-33/h3-7,9,11-12,19H,8,10,13-18H2,1-2H3,(H,31,36). The number of nitrogens with one attached hydrogen (secondary N) is 1. The topological polar surface area (TPSA) is 76.7 Å². The van der Waals surface area contributed by atoms with Gasteiger partial charge in [-0.15, -0.1) is 0 Å². The molecule has 8 nitrogen and oxygen atoms in total. The molecule has 37 heavy (non-hydrogen) atoms. The lowest BCUT2D eigenvalue weighted by atomic mass is 10.1. The highest BCUT2D eigenvalue weighted by Crippen LogP contribution is 2.24. The summed E-state index contributed by atoms with van der Waals surface area (Å²) in [6.07, 6.45) is 3.13. The Balaban J connectivity index is 1.11. The van der Waals surface area contributed by atoms with Crippen LogP contribution < -0.4 is 5.32 Å². The first-order valence-electron chi connectivity index (χ1n) is 13.0. The number of aryl methyl sites for hydroxylation is 2. The first kappa shape index (κ1) is 23.6. The third-order valence-corrected chi connectivity index (χ3v) is 7.44. The Morgan fingerprint density at radius 3 is 2.76 bits per heavy atom. The number of amides is 1. The van der Waals surface area contributed by atoms with Gasteiger partial charge >= 0.3 is 0 Å². The Morgan fingerprint density at radius 1 is 1.05 bits per heavy atom. The lowest BCUT2D eigenvalue weighted by Gasteiger charge is -2.26.